The van der Waals surface area contributed by atoms with E-state index in [1.807, 2.05) is 0 Å². The molecule has 1 aromatic rings. The average molecular weight is 336 g/mol. The number of carbonyl (C=O) groups is 2. The van der Waals surface area contributed by atoms with Crippen molar-refractivity contribution >= 4 is 41.5 Å². The van der Waals surface area contributed by atoms with Gasteiger partial charge in [-0.2, -0.15) is 0 Å². The Balaban J connectivity index is 0.00000400. The van der Waals surface area contributed by atoms with Crippen LogP contribution in [0, 0.1) is 0 Å². The van der Waals surface area contributed by atoms with Crippen LogP contribution in [0.25, 0.3) is 0 Å². The minimum absolute atomic E-state index is 0. The number of rotatable bonds is 7. The molecule has 0 unspecified atom stereocenters. The molecular weight excluding hydrogens is 317 g/mol. The second-order valence-electron chi connectivity index (χ2n) is 3.99. The maximum atomic E-state index is 11.7. The third-order valence-electron chi connectivity index (χ3n) is 2.50. The van der Waals surface area contributed by atoms with E-state index in [0.29, 0.717) is 29.4 Å². The van der Waals surface area contributed by atoms with Crippen LogP contribution in [0.3, 0.4) is 0 Å². The highest BCUT2D eigenvalue weighted by molar-refractivity contribution is 6.31. The van der Waals surface area contributed by atoms with E-state index in [1.54, 1.807) is 19.2 Å². The van der Waals surface area contributed by atoms with E-state index in [9.17, 15) is 9.59 Å². The molecule has 0 aliphatic rings. The first kappa shape index (κ1) is 19.7. The lowest BCUT2D eigenvalue weighted by atomic mass is 10.1. The number of methoxy groups -OCH3 is 1. The van der Waals surface area contributed by atoms with Crippen molar-refractivity contribution in [2.45, 2.75) is 0 Å². The minimum Gasteiger partial charge on any atom is -0.383 e. The Labute approximate surface area is 135 Å². The van der Waals surface area contributed by atoms with E-state index in [4.69, 9.17) is 16.3 Å². The highest BCUT2D eigenvalue weighted by Crippen LogP contribution is 2.20. The summed E-state index contributed by atoms with van der Waals surface area (Å²) in [6.45, 7) is 1.24. The second kappa shape index (κ2) is 10.4. The molecule has 1 aromatic carbocycles. The molecule has 8 heteroatoms. The molecule has 0 bridgehead atoms. The molecule has 0 atom stereocenters. The van der Waals surface area contributed by atoms with Gasteiger partial charge >= 0.3 is 0 Å². The fourth-order valence-corrected chi connectivity index (χ4v) is 1.69. The smallest absolute Gasteiger partial charge is 0.253 e. The van der Waals surface area contributed by atoms with Crippen LogP contribution in [0.4, 0.5) is 5.69 Å². The number of hydrogen-bond acceptors (Lipinski definition) is 4. The number of nitrogens with one attached hydrogen (secondary N) is 3. The molecule has 0 spiro atoms. The first-order valence-electron chi connectivity index (χ1n) is 6.09. The number of ether oxygens (including phenoxy) is 1. The predicted molar refractivity (Wildman–Crippen MR) is 85.5 cm³/mol. The summed E-state index contributed by atoms with van der Waals surface area (Å²) in [7, 11) is 3.10. The second-order valence-corrected chi connectivity index (χ2v) is 4.42. The minimum atomic E-state index is -0.310. The van der Waals surface area contributed by atoms with E-state index in [1.165, 1.54) is 13.1 Å². The number of amides is 2. The van der Waals surface area contributed by atoms with Crippen LogP contribution < -0.4 is 16.0 Å². The summed E-state index contributed by atoms with van der Waals surface area (Å²) >= 11 is 5.85. The van der Waals surface area contributed by atoms with E-state index in [0.717, 1.165) is 0 Å². The first-order valence-corrected chi connectivity index (χ1v) is 6.47. The quantitative estimate of drug-likeness (QED) is 0.656. The van der Waals surface area contributed by atoms with E-state index >= 15 is 0 Å². The molecule has 2 amide bonds. The molecule has 0 saturated carbocycles. The molecule has 0 fully saturated rings. The van der Waals surface area contributed by atoms with Crippen LogP contribution in [0.15, 0.2) is 18.2 Å². The SMILES string of the molecule is CNC(=O)c1cc(Cl)ccc1NC(=O)CNCCOC.Cl. The van der Waals surface area contributed by atoms with Crippen molar-refractivity contribution in [3.8, 4) is 0 Å². The molecule has 0 heterocycles. The van der Waals surface area contributed by atoms with E-state index < -0.39 is 0 Å². The first-order chi connectivity index (χ1) is 9.58. The van der Waals surface area contributed by atoms with Gasteiger partial charge in [0.15, 0.2) is 0 Å². The molecule has 0 aromatic heterocycles. The molecule has 0 radical (unpaired) electrons. The van der Waals surface area contributed by atoms with E-state index in [-0.39, 0.29) is 30.8 Å². The maximum Gasteiger partial charge on any atom is 0.253 e. The van der Waals surface area contributed by atoms with Crippen LogP contribution in [0.1, 0.15) is 10.4 Å². The number of hydrogen-bond donors (Lipinski definition) is 3. The molecule has 0 aliphatic heterocycles. The van der Waals surface area contributed by atoms with Gasteiger partial charge < -0.3 is 20.7 Å². The van der Waals surface area contributed by atoms with Gasteiger partial charge in [0.05, 0.1) is 24.4 Å². The summed E-state index contributed by atoms with van der Waals surface area (Å²) in [5.41, 5.74) is 0.748. The number of anilines is 1. The predicted octanol–water partition coefficient (Wildman–Crippen LogP) is 1.30. The van der Waals surface area contributed by atoms with Gasteiger partial charge in [-0.1, -0.05) is 11.6 Å². The fraction of sp³-hybridized carbons (Fsp3) is 0.385. The number of carbonyl (C=O) groups excluding carboxylic acids is 2. The molecule has 0 saturated heterocycles. The van der Waals surface area contributed by atoms with Crippen molar-refractivity contribution in [3.63, 3.8) is 0 Å². The molecular formula is C13H19Cl2N3O3. The average Bonchev–Trinajstić information content (AvgIpc) is 2.44. The van der Waals surface area contributed by atoms with Crippen LogP contribution in [-0.2, 0) is 9.53 Å². The Morgan fingerprint density at radius 2 is 2.05 bits per heavy atom. The van der Waals surface area contributed by atoms with Crippen LogP contribution in [0.2, 0.25) is 5.02 Å². The topological polar surface area (TPSA) is 79.5 Å². The fourth-order valence-electron chi connectivity index (χ4n) is 1.52. The highest BCUT2D eigenvalue weighted by Gasteiger charge is 2.12. The standard InChI is InChI=1S/C13H18ClN3O3.ClH/c1-15-13(19)10-7-9(14)3-4-11(10)17-12(18)8-16-5-6-20-2;/h3-4,7,16H,5-6,8H2,1-2H3,(H,15,19)(H,17,18);1H. The van der Waals surface area contributed by atoms with Crippen molar-refractivity contribution in [1.29, 1.82) is 0 Å². The van der Waals surface area contributed by atoms with Gasteiger partial charge in [0.25, 0.3) is 5.91 Å². The number of benzene rings is 1. The molecule has 0 aliphatic carbocycles. The monoisotopic (exact) mass is 335 g/mol. The molecule has 1 rings (SSSR count). The van der Waals surface area contributed by atoms with Gasteiger partial charge in [0, 0.05) is 25.7 Å². The highest BCUT2D eigenvalue weighted by atomic mass is 35.5. The van der Waals surface area contributed by atoms with Crippen molar-refractivity contribution in [2.24, 2.45) is 0 Å². The van der Waals surface area contributed by atoms with E-state index in [2.05, 4.69) is 16.0 Å². The van der Waals surface area contributed by atoms with Gasteiger partial charge in [-0.25, -0.2) is 0 Å². The Bertz CT molecular complexity index is 484. The normalized spacial score (nSPS) is 9.67. The summed E-state index contributed by atoms with van der Waals surface area (Å²) in [4.78, 5) is 23.5. The molecule has 6 nitrogen and oxygen atoms in total. The number of halogens is 2. The lowest BCUT2D eigenvalue weighted by Gasteiger charge is -2.11. The summed E-state index contributed by atoms with van der Waals surface area (Å²) in [6, 6.07) is 4.72. The van der Waals surface area contributed by atoms with Gasteiger partial charge in [-0.15, -0.1) is 12.4 Å². The Kier molecular flexibility index (Phi) is 9.73. The van der Waals surface area contributed by atoms with Crippen molar-refractivity contribution < 1.29 is 14.3 Å². The lowest BCUT2D eigenvalue weighted by Crippen LogP contribution is -2.31. The zero-order valence-corrected chi connectivity index (χ0v) is 13.4. The van der Waals surface area contributed by atoms with Crippen molar-refractivity contribution in [2.75, 3.05) is 39.2 Å². The third kappa shape index (κ3) is 6.77. The summed E-state index contributed by atoms with van der Waals surface area (Å²) in [5, 5.41) is 8.52. The van der Waals surface area contributed by atoms with Crippen LogP contribution in [-0.4, -0.2) is 45.7 Å². The summed E-state index contributed by atoms with van der Waals surface area (Å²) in [5.74, 6) is -0.552. The van der Waals surface area contributed by atoms with Gasteiger partial charge in [-0.3, -0.25) is 9.59 Å². The molecule has 21 heavy (non-hydrogen) atoms. The zero-order chi connectivity index (χ0) is 15.0. The van der Waals surface area contributed by atoms with Gasteiger partial charge in [0.1, 0.15) is 0 Å². The lowest BCUT2D eigenvalue weighted by molar-refractivity contribution is -0.115. The maximum absolute atomic E-state index is 11.7. The van der Waals surface area contributed by atoms with Crippen LogP contribution in [0.5, 0.6) is 0 Å². The summed E-state index contributed by atoms with van der Waals surface area (Å²) < 4.78 is 4.86. The van der Waals surface area contributed by atoms with Gasteiger partial charge in [0.2, 0.25) is 5.91 Å². The molecule has 3 N–H and O–H groups in total. The third-order valence-corrected chi connectivity index (χ3v) is 2.73. The largest absolute Gasteiger partial charge is 0.383 e. The van der Waals surface area contributed by atoms with Crippen molar-refractivity contribution in [1.82, 2.24) is 10.6 Å². The van der Waals surface area contributed by atoms with Crippen molar-refractivity contribution in [3.05, 3.63) is 28.8 Å². The summed E-state index contributed by atoms with van der Waals surface area (Å²) in [6.07, 6.45) is 0. The molecule has 118 valence electrons. The van der Waals surface area contributed by atoms with Gasteiger partial charge in [-0.05, 0) is 18.2 Å². The zero-order valence-electron chi connectivity index (χ0n) is 11.9. The Morgan fingerprint density at radius 3 is 2.67 bits per heavy atom. The van der Waals surface area contributed by atoms with Crippen LogP contribution >= 0.6 is 24.0 Å². The Hall–Kier alpha value is -1.34. The Morgan fingerprint density at radius 1 is 1.33 bits per heavy atom.